The monoisotopic (exact) mass is 266 g/mol. The lowest BCUT2D eigenvalue weighted by molar-refractivity contribution is -0.131. The molecule has 4 heteroatoms. The second-order valence-corrected chi connectivity index (χ2v) is 5.90. The Balaban J connectivity index is 1.63. The minimum atomic E-state index is 0.310. The van der Waals surface area contributed by atoms with Gasteiger partial charge in [0.1, 0.15) is 0 Å². The quantitative estimate of drug-likeness (QED) is 0.831. The van der Waals surface area contributed by atoms with Crippen molar-refractivity contribution in [2.24, 2.45) is 0 Å². The lowest BCUT2D eigenvalue weighted by Gasteiger charge is -2.26. The van der Waals surface area contributed by atoms with Crippen molar-refractivity contribution < 1.29 is 4.79 Å². The minimum Gasteiger partial charge on any atom is -0.343 e. The molecule has 1 aliphatic heterocycles. The highest BCUT2D eigenvalue weighted by Gasteiger charge is 2.15. The van der Waals surface area contributed by atoms with Crippen LogP contribution in [0.5, 0.6) is 0 Å². The van der Waals surface area contributed by atoms with Crippen molar-refractivity contribution in [2.45, 2.75) is 39.2 Å². The maximum atomic E-state index is 11.9. The van der Waals surface area contributed by atoms with E-state index in [9.17, 15) is 4.79 Å². The summed E-state index contributed by atoms with van der Waals surface area (Å²) < 4.78 is 0. The number of hydrogen-bond donors (Lipinski definition) is 1. The lowest BCUT2D eigenvalue weighted by Crippen LogP contribution is -2.37. The summed E-state index contributed by atoms with van der Waals surface area (Å²) in [7, 11) is 0. The fraction of sp³-hybridized carbons (Fsp3) is 0.643. The predicted octanol–water partition coefficient (Wildman–Crippen LogP) is 2.55. The van der Waals surface area contributed by atoms with E-state index in [0.717, 1.165) is 26.2 Å². The molecule has 2 rings (SSSR count). The number of aryl methyl sites for hydroxylation is 1. The van der Waals surface area contributed by atoms with Gasteiger partial charge in [0.25, 0.3) is 0 Å². The molecule has 1 N–H and O–H groups in total. The molecule has 0 atom stereocenters. The van der Waals surface area contributed by atoms with E-state index < -0.39 is 0 Å². The van der Waals surface area contributed by atoms with Gasteiger partial charge < -0.3 is 10.2 Å². The molecule has 3 nitrogen and oxygen atoms in total. The molecule has 1 aromatic heterocycles. The van der Waals surface area contributed by atoms with Crippen LogP contribution in [0.1, 0.15) is 36.1 Å². The molecule has 0 aromatic carbocycles. The van der Waals surface area contributed by atoms with Crippen LogP contribution in [0.15, 0.2) is 11.4 Å². The normalized spacial score (nSPS) is 15.9. The fourth-order valence-corrected chi connectivity index (χ4v) is 3.16. The molecule has 2 heterocycles. The Hall–Kier alpha value is -0.870. The van der Waals surface area contributed by atoms with Gasteiger partial charge in [-0.2, -0.15) is 0 Å². The predicted molar refractivity (Wildman–Crippen MR) is 75.8 cm³/mol. The van der Waals surface area contributed by atoms with Gasteiger partial charge in [-0.3, -0.25) is 4.79 Å². The van der Waals surface area contributed by atoms with Crippen LogP contribution in [0.3, 0.4) is 0 Å². The average Bonchev–Trinajstić information content (AvgIpc) is 2.81. The van der Waals surface area contributed by atoms with E-state index in [1.165, 1.54) is 29.7 Å². The third-order valence-corrected chi connectivity index (χ3v) is 4.50. The van der Waals surface area contributed by atoms with Crippen LogP contribution in [-0.4, -0.2) is 30.4 Å². The summed E-state index contributed by atoms with van der Waals surface area (Å²) in [6.07, 6.45) is 4.26. The number of thiophene rings is 1. The summed E-state index contributed by atoms with van der Waals surface area (Å²) in [6.45, 7) is 5.72. The largest absolute Gasteiger partial charge is 0.343 e. The molecule has 0 unspecified atom stereocenters. The lowest BCUT2D eigenvalue weighted by atomic mass is 10.1. The molecule has 1 saturated heterocycles. The zero-order valence-corrected chi connectivity index (χ0v) is 11.9. The molecule has 0 radical (unpaired) electrons. The molecule has 100 valence electrons. The van der Waals surface area contributed by atoms with Crippen LogP contribution in [-0.2, 0) is 11.3 Å². The van der Waals surface area contributed by atoms with Crippen molar-refractivity contribution in [3.63, 3.8) is 0 Å². The van der Waals surface area contributed by atoms with E-state index in [2.05, 4.69) is 23.7 Å². The summed E-state index contributed by atoms with van der Waals surface area (Å²) in [4.78, 5) is 15.3. The number of carbonyl (C=O) groups is 1. The summed E-state index contributed by atoms with van der Waals surface area (Å²) in [5.41, 5.74) is 1.34. The molecular formula is C14H22N2OS. The maximum Gasteiger partial charge on any atom is 0.223 e. The number of piperidine rings is 1. The molecule has 0 saturated carbocycles. The van der Waals surface area contributed by atoms with Gasteiger partial charge >= 0.3 is 0 Å². The molecule has 0 spiro atoms. The maximum absolute atomic E-state index is 11.9. The minimum absolute atomic E-state index is 0.310. The molecule has 18 heavy (non-hydrogen) atoms. The Morgan fingerprint density at radius 1 is 1.39 bits per heavy atom. The van der Waals surface area contributed by atoms with Gasteiger partial charge in [0, 0.05) is 37.5 Å². The third kappa shape index (κ3) is 3.82. The molecule has 0 aliphatic carbocycles. The summed E-state index contributed by atoms with van der Waals surface area (Å²) in [5.74, 6) is 0.310. The van der Waals surface area contributed by atoms with Crippen LogP contribution in [0.4, 0.5) is 0 Å². The van der Waals surface area contributed by atoms with Crippen molar-refractivity contribution in [3.8, 4) is 0 Å². The van der Waals surface area contributed by atoms with Crippen molar-refractivity contribution in [2.75, 3.05) is 19.6 Å². The number of rotatable bonds is 5. The van der Waals surface area contributed by atoms with E-state index in [1.54, 1.807) is 11.3 Å². The first kappa shape index (κ1) is 13.6. The fourth-order valence-electron chi connectivity index (χ4n) is 2.28. The smallest absolute Gasteiger partial charge is 0.223 e. The number of nitrogens with zero attached hydrogens (tertiary/aromatic N) is 1. The standard InChI is InChI=1S/C14H22N2OS/c1-12-6-10-18-13(12)11-15-7-5-14(17)16-8-3-2-4-9-16/h6,10,15H,2-5,7-9,11H2,1H3. The number of amides is 1. The Morgan fingerprint density at radius 3 is 2.83 bits per heavy atom. The topological polar surface area (TPSA) is 32.3 Å². The number of hydrogen-bond acceptors (Lipinski definition) is 3. The first-order valence-electron chi connectivity index (χ1n) is 6.79. The van der Waals surface area contributed by atoms with Gasteiger partial charge in [0.15, 0.2) is 0 Å². The van der Waals surface area contributed by atoms with E-state index in [0.29, 0.717) is 12.3 Å². The SMILES string of the molecule is Cc1ccsc1CNCCC(=O)N1CCCCC1. The van der Waals surface area contributed by atoms with E-state index >= 15 is 0 Å². The molecule has 1 aromatic rings. The first-order valence-corrected chi connectivity index (χ1v) is 7.67. The highest BCUT2D eigenvalue weighted by Crippen LogP contribution is 2.14. The van der Waals surface area contributed by atoms with E-state index in [4.69, 9.17) is 0 Å². The number of likely N-dealkylation sites (tertiary alicyclic amines) is 1. The molecule has 1 aliphatic rings. The Labute approximate surface area is 113 Å². The van der Waals surface area contributed by atoms with Crippen LogP contribution in [0.2, 0.25) is 0 Å². The Kier molecular flexibility index (Phi) is 5.20. The first-order chi connectivity index (χ1) is 8.77. The van der Waals surface area contributed by atoms with Gasteiger partial charge in [-0.1, -0.05) is 0 Å². The zero-order valence-electron chi connectivity index (χ0n) is 11.1. The van der Waals surface area contributed by atoms with E-state index in [1.807, 2.05) is 4.90 Å². The van der Waals surface area contributed by atoms with Crippen molar-refractivity contribution >= 4 is 17.2 Å². The highest BCUT2D eigenvalue weighted by atomic mass is 32.1. The van der Waals surface area contributed by atoms with Gasteiger partial charge in [-0.15, -0.1) is 11.3 Å². The van der Waals surface area contributed by atoms with Gasteiger partial charge in [-0.05, 0) is 43.2 Å². The number of carbonyl (C=O) groups excluding carboxylic acids is 1. The van der Waals surface area contributed by atoms with Crippen molar-refractivity contribution in [3.05, 3.63) is 21.9 Å². The number of nitrogens with one attached hydrogen (secondary N) is 1. The van der Waals surface area contributed by atoms with Gasteiger partial charge in [-0.25, -0.2) is 0 Å². The van der Waals surface area contributed by atoms with Gasteiger partial charge in [0.05, 0.1) is 0 Å². The Bertz CT molecular complexity index is 383. The highest BCUT2D eigenvalue weighted by molar-refractivity contribution is 7.10. The summed E-state index contributed by atoms with van der Waals surface area (Å²) in [6, 6.07) is 2.14. The average molecular weight is 266 g/mol. The molecular weight excluding hydrogens is 244 g/mol. The summed E-state index contributed by atoms with van der Waals surface area (Å²) >= 11 is 1.78. The van der Waals surface area contributed by atoms with E-state index in [-0.39, 0.29) is 0 Å². The van der Waals surface area contributed by atoms with Crippen LogP contribution < -0.4 is 5.32 Å². The zero-order chi connectivity index (χ0) is 12.8. The van der Waals surface area contributed by atoms with Crippen molar-refractivity contribution in [1.82, 2.24) is 10.2 Å². The third-order valence-electron chi connectivity index (χ3n) is 3.48. The van der Waals surface area contributed by atoms with Crippen LogP contribution >= 0.6 is 11.3 Å². The second-order valence-electron chi connectivity index (χ2n) is 4.90. The Morgan fingerprint density at radius 2 is 2.17 bits per heavy atom. The molecule has 1 amide bonds. The van der Waals surface area contributed by atoms with Crippen molar-refractivity contribution in [1.29, 1.82) is 0 Å². The van der Waals surface area contributed by atoms with Gasteiger partial charge in [0.2, 0.25) is 5.91 Å². The molecule has 0 bridgehead atoms. The van der Waals surface area contributed by atoms with Crippen LogP contribution in [0.25, 0.3) is 0 Å². The second kappa shape index (κ2) is 6.90. The van der Waals surface area contributed by atoms with Crippen LogP contribution in [0, 0.1) is 6.92 Å². The summed E-state index contributed by atoms with van der Waals surface area (Å²) in [5, 5.41) is 5.48. The molecule has 1 fully saturated rings.